The average Bonchev–Trinajstić information content (AvgIpc) is 2.75. The summed E-state index contributed by atoms with van der Waals surface area (Å²) in [5.74, 6) is 0.824. The van der Waals surface area contributed by atoms with E-state index >= 15 is 0 Å². The summed E-state index contributed by atoms with van der Waals surface area (Å²) in [6.07, 6.45) is 1.71. The number of hydrogen-bond acceptors (Lipinski definition) is 6. The average molecular weight is 287 g/mol. The van der Waals surface area contributed by atoms with Gasteiger partial charge in [-0.15, -0.1) is 10.2 Å². The molecule has 17 heavy (non-hydrogen) atoms. The number of halogens is 1. The van der Waals surface area contributed by atoms with Gasteiger partial charge in [0.2, 0.25) is 5.13 Å². The predicted molar refractivity (Wildman–Crippen MR) is 73.0 cm³/mol. The molecule has 7 heteroatoms. The first-order valence-electron chi connectivity index (χ1n) is 4.89. The van der Waals surface area contributed by atoms with Crippen molar-refractivity contribution in [3.63, 3.8) is 0 Å². The minimum Gasteiger partial charge on any atom is -0.353 e. The Balaban J connectivity index is 1.97. The third-order valence-corrected chi connectivity index (χ3v) is 4.43. The number of nitrogens with zero attached hydrogens (tertiary/aromatic N) is 4. The molecule has 90 valence electrons. The van der Waals surface area contributed by atoms with Gasteiger partial charge in [0.1, 0.15) is 5.15 Å². The summed E-state index contributed by atoms with van der Waals surface area (Å²) in [4.78, 5) is 5.90. The highest BCUT2D eigenvalue weighted by molar-refractivity contribution is 8.00. The quantitative estimate of drug-likeness (QED) is 0.638. The second-order valence-corrected chi connectivity index (χ2v) is 6.09. The van der Waals surface area contributed by atoms with Crippen LogP contribution in [-0.4, -0.2) is 29.3 Å². The number of hydrogen-bond donors (Lipinski definition) is 0. The van der Waals surface area contributed by atoms with Gasteiger partial charge in [0.25, 0.3) is 0 Å². The van der Waals surface area contributed by atoms with E-state index in [0.29, 0.717) is 5.15 Å². The fourth-order valence-corrected chi connectivity index (χ4v) is 3.02. The van der Waals surface area contributed by atoms with E-state index in [0.717, 1.165) is 20.8 Å². The molecule has 2 aromatic heterocycles. The molecule has 0 fully saturated rings. The maximum atomic E-state index is 5.82. The molecular formula is C10H11ClN4S2. The van der Waals surface area contributed by atoms with E-state index in [9.17, 15) is 0 Å². The van der Waals surface area contributed by atoms with Gasteiger partial charge in [-0.05, 0) is 17.7 Å². The summed E-state index contributed by atoms with van der Waals surface area (Å²) in [5, 5.41) is 9.64. The van der Waals surface area contributed by atoms with Crippen molar-refractivity contribution >= 4 is 39.8 Å². The third-order valence-electron chi connectivity index (χ3n) is 1.93. The Kier molecular flexibility index (Phi) is 4.20. The van der Waals surface area contributed by atoms with Gasteiger partial charge in [-0.1, -0.05) is 34.7 Å². The second-order valence-electron chi connectivity index (χ2n) is 3.52. The van der Waals surface area contributed by atoms with Crippen LogP contribution in [0.25, 0.3) is 0 Å². The van der Waals surface area contributed by atoms with Crippen LogP contribution >= 0.6 is 34.7 Å². The lowest BCUT2D eigenvalue weighted by Crippen LogP contribution is -2.07. The number of thioether (sulfide) groups is 1. The van der Waals surface area contributed by atoms with E-state index in [1.807, 2.05) is 31.1 Å². The van der Waals surface area contributed by atoms with Crippen LogP contribution in [-0.2, 0) is 5.75 Å². The Morgan fingerprint density at radius 3 is 2.88 bits per heavy atom. The van der Waals surface area contributed by atoms with Crippen LogP contribution < -0.4 is 4.90 Å². The highest BCUT2D eigenvalue weighted by atomic mass is 35.5. The Morgan fingerprint density at radius 2 is 2.24 bits per heavy atom. The first kappa shape index (κ1) is 12.6. The molecule has 0 saturated carbocycles. The van der Waals surface area contributed by atoms with Crippen LogP contribution in [0.15, 0.2) is 22.7 Å². The van der Waals surface area contributed by atoms with Crippen molar-refractivity contribution in [2.45, 2.75) is 10.1 Å². The predicted octanol–water partition coefficient (Wildman–Crippen LogP) is 2.94. The number of pyridine rings is 1. The molecule has 2 rings (SSSR count). The lowest BCUT2D eigenvalue weighted by atomic mass is 10.3. The second kappa shape index (κ2) is 5.66. The molecule has 2 aromatic rings. The molecule has 0 spiro atoms. The zero-order valence-electron chi connectivity index (χ0n) is 9.42. The Hall–Kier alpha value is -0.850. The molecule has 0 unspecified atom stereocenters. The number of aromatic nitrogens is 3. The maximum absolute atomic E-state index is 5.82. The van der Waals surface area contributed by atoms with Crippen molar-refractivity contribution in [1.82, 2.24) is 15.2 Å². The minimum absolute atomic E-state index is 0.523. The molecule has 0 amide bonds. The molecule has 0 saturated heterocycles. The van der Waals surface area contributed by atoms with Gasteiger partial charge < -0.3 is 4.90 Å². The lowest BCUT2D eigenvalue weighted by molar-refractivity contribution is 0.972. The number of rotatable bonds is 4. The maximum Gasteiger partial charge on any atom is 0.208 e. The fraction of sp³-hybridized carbons (Fsp3) is 0.300. The van der Waals surface area contributed by atoms with Crippen LogP contribution in [0, 0.1) is 0 Å². The van der Waals surface area contributed by atoms with E-state index in [1.165, 1.54) is 0 Å². The van der Waals surface area contributed by atoms with Gasteiger partial charge in [0.15, 0.2) is 4.34 Å². The molecule has 0 bridgehead atoms. The summed E-state index contributed by atoms with van der Waals surface area (Å²) in [7, 11) is 3.91. The van der Waals surface area contributed by atoms with Crippen molar-refractivity contribution in [3.8, 4) is 0 Å². The summed E-state index contributed by atoms with van der Waals surface area (Å²) in [6, 6.07) is 3.81. The van der Waals surface area contributed by atoms with E-state index in [-0.39, 0.29) is 0 Å². The van der Waals surface area contributed by atoms with Crippen molar-refractivity contribution < 1.29 is 0 Å². The summed E-state index contributed by atoms with van der Waals surface area (Å²) in [5.41, 5.74) is 1.14. The van der Waals surface area contributed by atoms with Crippen molar-refractivity contribution in [2.75, 3.05) is 19.0 Å². The largest absolute Gasteiger partial charge is 0.353 e. The van der Waals surface area contributed by atoms with Crippen LogP contribution in [0.3, 0.4) is 0 Å². The molecule has 0 N–H and O–H groups in total. The highest BCUT2D eigenvalue weighted by Crippen LogP contribution is 2.29. The number of anilines is 1. The van der Waals surface area contributed by atoms with Gasteiger partial charge >= 0.3 is 0 Å². The van der Waals surface area contributed by atoms with E-state index in [1.54, 1.807) is 29.3 Å². The molecule has 0 aliphatic carbocycles. The molecule has 4 nitrogen and oxygen atoms in total. The normalized spacial score (nSPS) is 10.5. The van der Waals surface area contributed by atoms with Crippen LogP contribution in [0.4, 0.5) is 5.13 Å². The van der Waals surface area contributed by atoms with Gasteiger partial charge in [-0.25, -0.2) is 4.98 Å². The topological polar surface area (TPSA) is 41.9 Å². The molecule has 2 heterocycles. The standard InChI is InChI=1S/C10H11ClN4S2/c1-15(2)9-13-14-10(17-9)16-6-7-3-4-12-8(11)5-7/h3-5H,6H2,1-2H3. The Morgan fingerprint density at radius 1 is 1.41 bits per heavy atom. The molecular weight excluding hydrogens is 276 g/mol. The Bertz CT molecular complexity index is 501. The fourth-order valence-electron chi connectivity index (χ4n) is 1.12. The van der Waals surface area contributed by atoms with Gasteiger partial charge in [0, 0.05) is 26.0 Å². The van der Waals surface area contributed by atoms with Crippen molar-refractivity contribution in [2.24, 2.45) is 0 Å². The van der Waals surface area contributed by atoms with E-state index in [2.05, 4.69) is 15.2 Å². The van der Waals surface area contributed by atoms with E-state index in [4.69, 9.17) is 11.6 Å². The van der Waals surface area contributed by atoms with Crippen molar-refractivity contribution in [3.05, 3.63) is 29.0 Å². The van der Waals surface area contributed by atoms with E-state index < -0.39 is 0 Å². The highest BCUT2D eigenvalue weighted by Gasteiger charge is 2.06. The van der Waals surface area contributed by atoms with Crippen LogP contribution in [0.1, 0.15) is 5.56 Å². The monoisotopic (exact) mass is 286 g/mol. The summed E-state index contributed by atoms with van der Waals surface area (Å²) in [6.45, 7) is 0. The first-order chi connectivity index (χ1) is 8.15. The SMILES string of the molecule is CN(C)c1nnc(SCc2ccnc(Cl)c2)s1. The van der Waals surface area contributed by atoms with Crippen molar-refractivity contribution in [1.29, 1.82) is 0 Å². The molecule has 0 aromatic carbocycles. The van der Waals surface area contributed by atoms with Gasteiger partial charge in [0.05, 0.1) is 0 Å². The molecule has 0 radical (unpaired) electrons. The van der Waals surface area contributed by atoms with Crippen LogP contribution in [0.5, 0.6) is 0 Å². The smallest absolute Gasteiger partial charge is 0.208 e. The first-order valence-corrected chi connectivity index (χ1v) is 7.07. The minimum atomic E-state index is 0.523. The zero-order valence-corrected chi connectivity index (χ0v) is 11.8. The summed E-state index contributed by atoms with van der Waals surface area (Å²) < 4.78 is 0.960. The lowest BCUT2D eigenvalue weighted by Gasteiger charge is -2.03. The molecule has 0 aliphatic heterocycles. The zero-order chi connectivity index (χ0) is 12.3. The van der Waals surface area contributed by atoms with Crippen LogP contribution in [0.2, 0.25) is 5.15 Å². The molecule has 0 atom stereocenters. The third kappa shape index (κ3) is 3.55. The molecule has 0 aliphatic rings. The van der Waals surface area contributed by atoms with Gasteiger partial charge in [-0.3, -0.25) is 0 Å². The Labute approximate surface area is 113 Å². The van der Waals surface area contributed by atoms with Gasteiger partial charge in [-0.2, -0.15) is 0 Å². The summed E-state index contributed by atoms with van der Waals surface area (Å²) >= 11 is 9.05.